The van der Waals surface area contributed by atoms with Crippen LogP contribution in [0, 0.1) is 0 Å². The summed E-state index contributed by atoms with van der Waals surface area (Å²) in [5.74, 6) is -0.290. The molecular weight excluding hydrogens is 294 g/mol. The average molecular weight is 315 g/mol. The van der Waals surface area contributed by atoms with Gasteiger partial charge in [0.05, 0.1) is 24.8 Å². The van der Waals surface area contributed by atoms with Crippen LogP contribution in [-0.2, 0) is 17.8 Å². The minimum absolute atomic E-state index is 0.290. The summed E-state index contributed by atoms with van der Waals surface area (Å²) in [4.78, 5) is 11.6. The van der Waals surface area contributed by atoms with Gasteiger partial charge in [-0.15, -0.1) is 0 Å². The van der Waals surface area contributed by atoms with Crippen LogP contribution >= 0.6 is 0 Å². The normalized spacial score (nSPS) is 10.8. The van der Waals surface area contributed by atoms with E-state index in [1.165, 1.54) is 6.21 Å². The molecule has 120 valence electrons. The molecule has 2 rings (SSSR count). The van der Waals surface area contributed by atoms with E-state index in [1.807, 2.05) is 41.5 Å². The highest BCUT2D eigenvalue weighted by atomic mass is 16.5. The molecule has 23 heavy (non-hydrogen) atoms. The highest BCUT2D eigenvalue weighted by molar-refractivity contribution is 5.88. The Morgan fingerprint density at radius 1 is 1.13 bits per heavy atom. The largest absolute Gasteiger partial charge is 0.462 e. The van der Waals surface area contributed by atoms with Crippen LogP contribution in [0.25, 0.3) is 0 Å². The molecule has 1 N–H and O–H groups in total. The van der Waals surface area contributed by atoms with Crippen molar-refractivity contribution in [2.75, 3.05) is 6.61 Å². The number of hydrogen-bond donors (Lipinski definition) is 1. The summed E-state index contributed by atoms with van der Waals surface area (Å²) in [7, 11) is 0. The lowest BCUT2D eigenvalue weighted by Gasteiger charge is -2.01. The van der Waals surface area contributed by atoms with Crippen molar-refractivity contribution in [3.05, 3.63) is 60.2 Å². The van der Waals surface area contributed by atoms with Gasteiger partial charge in [-0.25, -0.2) is 13.9 Å². The lowest BCUT2D eigenvalue weighted by Crippen LogP contribution is -2.38. The summed E-state index contributed by atoms with van der Waals surface area (Å²) in [6, 6.07) is 7.32. The predicted octanol–water partition coefficient (Wildman–Crippen LogP) is 1.34. The van der Waals surface area contributed by atoms with Crippen molar-refractivity contribution >= 4 is 12.2 Å². The number of carbonyl (C=O) groups excluding carboxylic acids is 1. The zero-order chi connectivity index (χ0) is 16.5. The second-order valence-corrected chi connectivity index (χ2v) is 5.01. The minimum Gasteiger partial charge on any atom is -0.462 e. The maximum atomic E-state index is 11.6. The molecule has 0 saturated carbocycles. The van der Waals surface area contributed by atoms with E-state index in [2.05, 4.69) is 9.72 Å². The number of carbonyl (C=O) groups is 1. The highest BCUT2D eigenvalue weighted by Crippen LogP contribution is 1.98. The van der Waals surface area contributed by atoms with Crippen LogP contribution in [-0.4, -0.2) is 24.0 Å². The molecule has 2 heterocycles. The summed E-state index contributed by atoms with van der Waals surface area (Å²) < 4.78 is 9.07. The Kier molecular flexibility index (Phi) is 6.23. The molecule has 0 atom stereocenters. The number of ether oxygens (including phenoxy) is 1. The molecule has 2 aromatic rings. The van der Waals surface area contributed by atoms with Crippen LogP contribution in [0.3, 0.4) is 0 Å². The van der Waals surface area contributed by atoms with Crippen molar-refractivity contribution < 1.29 is 23.9 Å². The Bertz CT molecular complexity index is 652. The van der Waals surface area contributed by atoms with E-state index in [0.29, 0.717) is 12.2 Å². The van der Waals surface area contributed by atoms with Crippen LogP contribution in [0.2, 0.25) is 0 Å². The number of rotatable bonds is 7. The fourth-order valence-corrected chi connectivity index (χ4v) is 2.16. The molecule has 0 aliphatic heterocycles. The van der Waals surface area contributed by atoms with Gasteiger partial charge in [0.2, 0.25) is 0 Å². The molecule has 0 aromatic carbocycles. The Morgan fingerprint density at radius 3 is 2.22 bits per heavy atom. The molecule has 0 saturated heterocycles. The first-order valence-electron chi connectivity index (χ1n) is 7.55. The predicted molar refractivity (Wildman–Crippen MR) is 83.2 cm³/mol. The van der Waals surface area contributed by atoms with Gasteiger partial charge in [0, 0.05) is 29.8 Å². The van der Waals surface area contributed by atoms with Gasteiger partial charge in [-0.3, -0.25) is 0 Å². The zero-order valence-electron chi connectivity index (χ0n) is 13.1. The number of aryl methyl sites for hydroxylation is 2. The third kappa shape index (κ3) is 5.18. The van der Waals surface area contributed by atoms with Gasteiger partial charge in [0.15, 0.2) is 37.9 Å². The summed E-state index contributed by atoms with van der Waals surface area (Å²) in [5, 5.41) is 11.5. The summed E-state index contributed by atoms with van der Waals surface area (Å²) in [6.07, 6.45) is 10.0. The molecule has 6 nitrogen and oxygen atoms in total. The van der Waals surface area contributed by atoms with Crippen molar-refractivity contribution in [1.82, 2.24) is 0 Å². The Labute approximate surface area is 135 Å². The van der Waals surface area contributed by atoms with Crippen molar-refractivity contribution in [2.24, 2.45) is 5.16 Å². The number of esters is 1. The molecule has 0 aliphatic carbocycles. The topological polar surface area (TPSA) is 66.7 Å². The third-order valence-electron chi connectivity index (χ3n) is 3.36. The van der Waals surface area contributed by atoms with Crippen molar-refractivity contribution in [2.45, 2.75) is 26.4 Å². The molecule has 6 heteroatoms. The lowest BCUT2D eigenvalue weighted by atomic mass is 10.2. The second kappa shape index (κ2) is 8.63. The first-order valence-corrected chi connectivity index (χ1v) is 7.55. The van der Waals surface area contributed by atoms with Gasteiger partial charge in [-0.2, -0.15) is 0 Å². The van der Waals surface area contributed by atoms with Crippen LogP contribution in [0.4, 0.5) is 0 Å². The average Bonchev–Trinajstić information content (AvgIpc) is 2.57. The van der Waals surface area contributed by atoms with Gasteiger partial charge < -0.3 is 9.94 Å². The van der Waals surface area contributed by atoms with Gasteiger partial charge in [-0.05, 0) is 6.92 Å². The molecule has 2 aromatic heterocycles. The van der Waals surface area contributed by atoms with Crippen LogP contribution in [0.5, 0.6) is 0 Å². The fourth-order valence-electron chi connectivity index (χ4n) is 2.16. The molecule has 0 aliphatic rings. The van der Waals surface area contributed by atoms with E-state index in [9.17, 15) is 4.79 Å². The molecule has 0 amide bonds. The number of oxime groups is 1. The van der Waals surface area contributed by atoms with Gasteiger partial charge in [-0.1, -0.05) is 5.16 Å². The zero-order valence-corrected chi connectivity index (χ0v) is 13.1. The molecule has 0 radical (unpaired) electrons. The molecule has 0 fully saturated rings. The number of pyridine rings is 2. The first kappa shape index (κ1) is 16.6. The van der Waals surface area contributed by atoms with E-state index in [1.54, 1.807) is 19.1 Å². The minimum atomic E-state index is -0.290. The maximum absolute atomic E-state index is 11.6. The van der Waals surface area contributed by atoms with Crippen LogP contribution in [0.15, 0.2) is 54.2 Å². The standard InChI is InChI=1S/C17H20N3O3/c1-2-23-17(21)16-6-12-20(13-7-16)9-3-8-19-10-4-15(5-11-19)14-18-22/h4-7,10-14H,2-3,8-9H2,1H3/q+1/p+1. The van der Waals surface area contributed by atoms with Crippen molar-refractivity contribution in [3.63, 3.8) is 0 Å². The van der Waals surface area contributed by atoms with Gasteiger partial charge in [0.25, 0.3) is 0 Å². The van der Waals surface area contributed by atoms with Gasteiger partial charge in [0.1, 0.15) is 0 Å². The molecule has 0 bridgehead atoms. The van der Waals surface area contributed by atoms with Crippen LogP contribution in [0.1, 0.15) is 29.3 Å². The fraction of sp³-hybridized carbons (Fsp3) is 0.294. The quantitative estimate of drug-likeness (QED) is 0.276. The Balaban J connectivity index is 1.82. The van der Waals surface area contributed by atoms with E-state index in [-0.39, 0.29) is 5.97 Å². The first-order chi connectivity index (χ1) is 11.2. The monoisotopic (exact) mass is 315 g/mol. The Morgan fingerprint density at radius 2 is 1.70 bits per heavy atom. The lowest BCUT2D eigenvalue weighted by molar-refractivity contribution is -0.726. The second-order valence-electron chi connectivity index (χ2n) is 5.01. The summed E-state index contributed by atoms with van der Waals surface area (Å²) in [5.41, 5.74) is 1.42. The third-order valence-corrected chi connectivity index (χ3v) is 3.36. The van der Waals surface area contributed by atoms with E-state index < -0.39 is 0 Å². The van der Waals surface area contributed by atoms with E-state index in [4.69, 9.17) is 9.94 Å². The highest BCUT2D eigenvalue weighted by Gasteiger charge is 2.09. The number of nitrogens with zero attached hydrogens (tertiary/aromatic N) is 3. The number of hydrogen-bond acceptors (Lipinski definition) is 4. The molecular formula is C17H21N3O3+2. The molecule has 0 unspecified atom stereocenters. The maximum Gasteiger partial charge on any atom is 0.338 e. The van der Waals surface area contributed by atoms with Gasteiger partial charge >= 0.3 is 5.97 Å². The molecule has 0 spiro atoms. The summed E-state index contributed by atoms with van der Waals surface area (Å²) in [6.45, 7) is 3.91. The van der Waals surface area contributed by atoms with Crippen LogP contribution < -0.4 is 9.13 Å². The number of aromatic nitrogens is 2. The Hall–Kier alpha value is -2.76. The van der Waals surface area contributed by atoms with E-state index >= 15 is 0 Å². The van der Waals surface area contributed by atoms with Crippen molar-refractivity contribution in [3.8, 4) is 0 Å². The smallest absolute Gasteiger partial charge is 0.338 e. The summed E-state index contributed by atoms with van der Waals surface area (Å²) >= 11 is 0. The SMILES string of the molecule is CCOC(=O)c1cc[n+](CCC[n+]2ccc(/C=N/O)cc2)cc1. The van der Waals surface area contributed by atoms with Crippen molar-refractivity contribution in [1.29, 1.82) is 0 Å². The van der Waals surface area contributed by atoms with E-state index in [0.717, 1.165) is 25.1 Å².